The summed E-state index contributed by atoms with van der Waals surface area (Å²) in [5.41, 5.74) is 13.5. The number of nitrogens with zero attached hydrogens (tertiary/aromatic N) is 3. The standard InChI is InChI=1S/C40H27N3/c1-2-37-42-35-12-5-6-13-36(35)43(37)28-17-14-26(15-18-28)38-29-8-3-4-9-30(29)39-32-19-16-27(25-20-22-41-23-21-25)24-34(32)31-10-7-11-33(38)40(31)39/h3-24H,2H2,1H3. The average Bonchev–Trinajstić information content (AvgIpc) is 3.62. The van der Waals surface area contributed by atoms with Gasteiger partial charge in [0.1, 0.15) is 5.82 Å². The Kier molecular flexibility index (Phi) is 5.17. The van der Waals surface area contributed by atoms with Crippen LogP contribution in [-0.4, -0.2) is 14.5 Å². The summed E-state index contributed by atoms with van der Waals surface area (Å²) in [6.07, 6.45) is 4.60. The molecule has 0 saturated heterocycles. The fourth-order valence-corrected chi connectivity index (χ4v) is 7.13. The van der Waals surface area contributed by atoms with E-state index < -0.39 is 0 Å². The topological polar surface area (TPSA) is 30.7 Å². The SMILES string of the molecule is CCc1nc2ccccc2n1-c1ccc(-c2c3ccccc3c3c4c(cccc24)-c2cc(-c4ccncc4)ccc2-3)cc1. The number of benzene rings is 6. The monoisotopic (exact) mass is 549 g/mol. The first kappa shape index (κ1) is 24.1. The summed E-state index contributed by atoms with van der Waals surface area (Å²) in [4.78, 5) is 9.12. The van der Waals surface area contributed by atoms with Gasteiger partial charge in [0.25, 0.3) is 0 Å². The zero-order valence-electron chi connectivity index (χ0n) is 23.8. The van der Waals surface area contributed by atoms with Crippen LogP contribution in [0.5, 0.6) is 0 Å². The number of para-hydroxylation sites is 2. The van der Waals surface area contributed by atoms with E-state index in [1.54, 1.807) is 0 Å². The molecule has 0 unspecified atom stereocenters. The van der Waals surface area contributed by atoms with Crippen LogP contribution in [0.15, 0.2) is 134 Å². The van der Waals surface area contributed by atoms with Crippen molar-refractivity contribution in [2.24, 2.45) is 0 Å². The Morgan fingerprint density at radius 1 is 0.558 bits per heavy atom. The minimum atomic E-state index is 0.874. The lowest BCUT2D eigenvalue weighted by molar-refractivity contribution is 0.908. The van der Waals surface area contributed by atoms with Crippen LogP contribution in [-0.2, 0) is 6.42 Å². The van der Waals surface area contributed by atoms with Crippen molar-refractivity contribution in [1.82, 2.24) is 14.5 Å². The van der Waals surface area contributed by atoms with Crippen LogP contribution in [0.4, 0.5) is 0 Å². The van der Waals surface area contributed by atoms with E-state index >= 15 is 0 Å². The molecular formula is C40H27N3. The molecule has 0 saturated carbocycles. The Hall–Kier alpha value is -5.54. The van der Waals surface area contributed by atoms with Crippen molar-refractivity contribution in [3.8, 4) is 50.2 Å². The van der Waals surface area contributed by atoms with Crippen LogP contribution < -0.4 is 0 Å². The van der Waals surface area contributed by atoms with Crippen LogP contribution in [0.3, 0.4) is 0 Å². The van der Waals surface area contributed by atoms with E-state index in [2.05, 4.69) is 138 Å². The minimum Gasteiger partial charge on any atom is -0.296 e. The Balaban J connectivity index is 1.27. The van der Waals surface area contributed by atoms with E-state index in [9.17, 15) is 0 Å². The largest absolute Gasteiger partial charge is 0.296 e. The molecule has 0 spiro atoms. The molecule has 0 bridgehead atoms. The van der Waals surface area contributed by atoms with E-state index in [4.69, 9.17) is 4.98 Å². The normalized spacial score (nSPS) is 11.9. The third kappa shape index (κ3) is 3.49. The number of hydrogen-bond acceptors (Lipinski definition) is 2. The van der Waals surface area contributed by atoms with Gasteiger partial charge in [0.15, 0.2) is 0 Å². The molecule has 8 aromatic rings. The highest BCUT2D eigenvalue weighted by Crippen LogP contribution is 2.54. The molecule has 9 rings (SSSR count). The Morgan fingerprint density at radius 2 is 1.28 bits per heavy atom. The van der Waals surface area contributed by atoms with Crippen molar-refractivity contribution in [3.63, 3.8) is 0 Å². The van der Waals surface area contributed by atoms with Crippen molar-refractivity contribution < 1.29 is 0 Å². The zero-order valence-corrected chi connectivity index (χ0v) is 23.8. The maximum Gasteiger partial charge on any atom is 0.114 e. The van der Waals surface area contributed by atoms with Crippen LogP contribution >= 0.6 is 0 Å². The molecule has 2 aromatic heterocycles. The van der Waals surface area contributed by atoms with E-state index in [0.29, 0.717) is 0 Å². The Bertz CT molecular complexity index is 2360. The molecule has 0 amide bonds. The van der Waals surface area contributed by atoms with Gasteiger partial charge in [0.2, 0.25) is 0 Å². The van der Waals surface area contributed by atoms with Crippen molar-refractivity contribution in [1.29, 1.82) is 0 Å². The molecule has 2 heterocycles. The summed E-state index contributed by atoms with van der Waals surface area (Å²) in [7, 11) is 0. The average molecular weight is 550 g/mol. The van der Waals surface area contributed by atoms with Gasteiger partial charge in [-0.3, -0.25) is 9.55 Å². The van der Waals surface area contributed by atoms with Gasteiger partial charge in [-0.2, -0.15) is 0 Å². The lowest BCUT2D eigenvalue weighted by atomic mass is 9.88. The maximum absolute atomic E-state index is 4.90. The zero-order chi connectivity index (χ0) is 28.5. The second-order valence-electron chi connectivity index (χ2n) is 11.3. The molecule has 0 N–H and O–H groups in total. The van der Waals surface area contributed by atoms with Crippen molar-refractivity contribution in [3.05, 3.63) is 140 Å². The molecular weight excluding hydrogens is 522 g/mol. The van der Waals surface area contributed by atoms with Gasteiger partial charge in [-0.05, 0) is 109 Å². The lowest BCUT2D eigenvalue weighted by Gasteiger charge is -2.16. The predicted molar refractivity (Wildman–Crippen MR) is 179 cm³/mol. The molecule has 202 valence electrons. The van der Waals surface area contributed by atoms with Crippen molar-refractivity contribution in [2.75, 3.05) is 0 Å². The van der Waals surface area contributed by atoms with Crippen LogP contribution in [0.25, 0.3) is 82.8 Å². The smallest absolute Gasteiger partial charge is 0.114 e. The lowest BCUT2D eigenvalue weighted by Crippen LogP contribution is -2.00. The molecule has 3 nitrogen and oxygen atoms in total. The van der Waals surface area contributed by atoms with Crippen molar-refractivity contribution >= 4 is 32.6 Å². The quantitative estimate of drug-likeness (QED) is 0.205. The van der Waals surface area contributed by atoms with Gasteiger partial charge in [-0.25, -0.2) is 4.98 Å². The first-order valence-electron chi connectivity index (χ1n) is 14.9. The number of aromatic nitrogens is 3. The number of rotatable bonds is 4. The first-order chi connectivity index (χ1) is 21.3. The number of fused-ring (bicyclic) bond motifs is 6. The summed E-state index contributed by atoms with van der Waals surface area (Å²) in [6, 6.07) is 44.2. The molecule has 1 aliphatic rings. The van der Waals surface area contributed by atoms with Gasteiger partial charge in [-0.1, -0.05) is 85.8 Å². The van der Waals surface area contributed by atoms with E-state index in [0.717, 1.165) is 29.0 Å². The highest BCUT2D eigenvalue weighted by molar-refractivity contribution is 6.29. The summed E-state index contributed by atoms with van der Waals surface area (Å²) >= 11 is 0. The number of pyridine rings is 1. The molecule has 43 heavy (non-hydrogen) atoms. The maximum atomic E-state index is 4.90. The molecule has 1 aliphatic carbocycles. The minimum absolute atomic E-state index is 0.874. The third-order valence-electron chi connectivity index (χ3n) is 9.00. The molecule has 0 atom stereocenters. The Morgan fingerprint density at radius 3 is 2.09 bits per heavy atom. The summed E-state index contributed by atoms with van der Waals surface area (Å²) in [6.45, 7) is 2.17. The molecule has 0 radical (unpaired) electrons. The third-order valence-corrected chi connectivity index (χ3v) is 9.00. The molecule has 0 fully saturated rings. The second kappa shape index (κ2) is 9.23. The highest BCUT2D eigenvalue weighted by atomic mass is 15.1. The number of aryl methyl sites for hydroxylation is 1. The molecule has 3 heteroatoms. The summed E-state index contributed by atoms with van der Waals surface area (Å²) in [5.74, 6) is 1.08. The summed E-state index contributed by atoms with van der Waals surface area (Å²) in [5, 5.41) is 5.22. The second-order valence-corrected chi connectivity index (χ2v) is 11.3. The van der Waals surface area contributed by atoms with Gasteiger partial charge in [0, 0.05) is 24.5 Å². The van der Waals surface area contributed by atoms with E-state index in [1.165, 1.54) is 66.1 Å². The van der Waals surface area contributed by atoms with Gasteiger partial charge in [0.05, 0.1) is 11.0 Å². The molecule has 0 aliphatic heterocycles. The van der Waals surface area contributed by atoms with Crippen molar-refractivity contribution in [2.45, 2.75) is 13.3 Å². The fourth-order valence-electron chi connectivity index (χ4n) is 7.13. The predicted octanol–water partition coefficient (Wildman–Crippen LogP) is 10.3. The van der Waals surface area contributed by atoms with Gasteiger partial charge < -0.3 is 0 Å². The number of imidazole rings is 1. The van der Waals surface area contributed by atoms with E-state index in [1.807, 2.05) is 12.4 Å². The first-order valence-corrected chi connectivity index (χ1v) is 14.9. The highest BCUT2D eigenvalue weighted by Gasteiger charge is 2.26. The summed E-state index contributed by atoms with van der Waals surface area (Å²) < 4.78 is 2.29. The van der Waals surface area contributed by atoms with Crippen LogP contribution in [0, 0.1) is 0 Å². The van der Waals surface area contributed by atoms with E-state index in [-0.39, 0.29) is 0 Å². The van der Waals surface area contributed by atoms with Gasteiger partial charge >= 0.3 is 0 Å². The van der Waals surface area contributed by atoms with Crippen LogP contribution in [0.2, 0.25) is 0 Å². The number of hydrogen-bond donors (Lipinski definition) is 0. The molecule has 6 aromatic carbocycles. The van der Waals surface area contributed by atoms with Crippen LogP contribution in [0.1, 0.15) is 12.7 Å². The fraction of sp³-hybridized carbons (Fsp3) is 0.0500. The Labute approximate surface area is 249 Å². The van der Waals surface area contributed by atoms with Gasteiger partial charge in [-0.15, -0.1) is 0 Å².